The molecule has 0 aliphatic heterocycles. The minimum Gasteiger partial charge on any atom is -0.465 e. The number of hydrogen-bond donors (Lipinski definition) is 1. The molecule has 0 radical (unpaired) electrons. The van der Waals surface area contributed by atoms with Crippen LogP contribution in [0.15, 0.2) is 34.7 Å². The molecule has 2 rings (SSSR count). The molecule has 0 aliphatic carbocycles. The van der Waals surface area contributed by atoms with E-state index in [2.05, 4.69) is 24.1 Å². The molecule has 0 saturated heterocycles. The van der Waals surface area contributed by atoms with E-state index in [1.165, 1.54) is 0 Å². The molecular formula is C19H22ClN3O2. The SMILES string of the molecule is Cc1ccc(CN(CCC(=O)Nc2ccc(C#N)c(Cl)c2)C(C)C)o1. The molecule has 0 saturated carbocycles. The number of carbonyl (C=O) groups is 1. The van der Waals surface area contributed by atoms with Crippen LogP contribution in [0, 0.1) is 18.3 Å². The molecule has 1 aromatic carbocycles. The van der Waals surface area contributed by atoms with Crippen molar-refractivity contribution < 1.29 is 9.21 Å². The van der Waals surface area contributed by atoms with Crippen molar-refractivity contribution in [1.82, 2.24) is 4.90 Å². The number of halogens is 1. The van der Waals surface area contributed by atoms with Crippen LogP contribution in [0.25, 0.3) is 0 Å². The summed E-state index contributed by atoms with van der Waals surface area (Å²) in [6.07, 6.45) is 0.357. The fraction of sp³-hybridized carbons (Fsp3) is 0.368. The Morgan fingerprint density at radius 1 is 1.36 bits per heavy atom. The molecule has 1 N–H and O–H groups in total. The van der Waals surface area contributed by atoms with Gasteiger partial charge in [-0.05, 0) is 51.1 Å². The van der Waals surface area contributed by atoms with Gasteiger partial charge in [-0.2, -0.15) is 5.26 Å². The third kappa shape index (κ3) is 5.63. The van der Waals surface area contributed by atoms with Gasteiger partial charge in [-0.15, -0.1) is 0 Å². The number of nitrogens with one attached hydrogen (secondary N) is 1. The lowest BCUT2D eigenvalue weighted by atomic mass is 10.2. The minimum atomic E-state index is -0.0953. The number of nitrogens with zero attached hydrogens (tertiary/aromatic N) is 2. The number of rotatable bonds is 7. The van der Waals surface area contributed by atoms with E-state index in [0.717, 1.165) is 11.5 Å². The molecule has 0 aliphatic rings. The van der Waals surface area contributed by atoms with Crippen LogP contribution in [-0.4, -0.2) is 23.4 Å². The fourth-order valence-corrected chi connectivity index (χ4v) is 2.67. The number of aryl methyl sites for hydroxylation is 1. The van der Waals surface area contributed by atoms with Crippen LogP contribution in [0.3, 0.4) is 0 Å². The lowest BCUT2D eigenvalue weighted by Gasteiger charge is -2.25. The van der Waals surface area contributed by atoms with Crippen molar-refractivity contribution in [2.75, 3.05) is 11.9 Å². The molecular weight excluding hydrogens is 338 g/mol. The molecule has 6 heteroatoms. The Morgan fingerprint density at radius 3 is 2.68 bits per heavy atom. The van der Waals surface area contributed by atoms with E-state index in [-0.39, 0.29) is 5.91 Å². The number of benzene rings is 1. The second-order valence-corrected chi connectivity index (χ2v) is 6.59. The molecule has 25 heavy (non-hydrogen) atoms. The van der Waals surface area contributed by atoms with Crippen molar-refractivity contribution in [3.05, 3.63) is 52.4 Å². The number of furan rings is 1. The van der Waals surface area contributed by atoms with Gasteiger partial charge in [-0.3, -0.25) is 9.69 Å². The van der Waals surface area contributed by atoms with Gasteiger partial charge >= 0.3 is 0 Å². The Labute approximate surface area is 153 Å². The number of hydrogen-bond acceptors (Lipinski definition) is 4. The van der Waals surface area contributed by atoms with Crippen LogP contribution in [0.2, 0.25) is 5.02 Å². The smallest absolute Gasteiger partial charge is 0.225 e. The highest BCUT2D eigenvalue weighted by atomic mass is 35.5. The zero-order valence-electron chi connectivity index (χ0n) is 14.7. The van der Waals surface area contributed by atoms with Crippen molar-refractivity contribution in [2.24, 2.45) is 0 Å². The lowest BCUT2D eigenvalue weighted by Crippen LogP contribution is -2.33. The number of carbonyl (C=O) groups excluding carboxylic acids is 1. The van der Waals surface area contributed by atoms with Gasteiger partial charge < -0.3 is 9.73 Å². The number of anilines is 1. The van der Waals surface area contributed by atoms with Gasteiger partial charge in [0.15, 0.2) is 0 Å². The van der Waals surface area contributed by atoms with E-state index < -0.39 is 0 Å². The van der Waals surface area contributed by atoms with Crippen molar-refractivity contribution in [2.45, 2.75) is 39.8 Å². The Bertz CT molecular complexity index is 777. The third-order valence-corrected chi connectivity index (χ3v) is 4.20. The average Bonchev–Trinajstić information content (AvgIpc) is 2.96. The minimum absolute atomic E-state index is 0.0953. The first-order chi connectivity index (χ1) is 11.9. The van der Waals surface area contributed by atoms with Crippen molar-refractivity contribution >= 4 is 23.2 Å². The van der Waals surface area contributed by atoms with Gasteiger partial charge in [0, 0.05) is 24.7 Å². The molecule has 0 spiro atoms. The Hall–Kier alpha value is -2.29. The predicted octanol–water partition coefficient (Wildman–Crippen LogP) is 4.35. The maximum absolute atomic E-state index is 12.2. The summed E-state index contributed by atoms with van der Waals surface area (Å²) in [7, 11) is 0. The monoisotopic (exact) mass is 359 g/mol. The highest BCUT2D eigenvalue weighted by Gasteiger charge is 2.14. The van der Waals surface area contributed by atoms with Gasteiger partial charge in [-0.25, -0.2) is 0 Å². The summed E-state index contributed by atoms with van der Waals surface area (Å²) < 4.78 is 5.62. The summed E-state index contributed by atoms with van der Waals surface area (Å²) in [6, 6.07) is 11.0. The molecule has 2 aromatic rings. The van der Waals surface area contributed by atoms with Gasteiger partial charge in [0.25, 0.3) is 0 Å². The van der Waals surface area contributed by atoms with E-state index in [9.17, 15) is 4.79 Å². The fourth-order valence-electron chi connectivity index (χ4n) is 2.44. The first-order valence-electron chi connectivity index (χ1n) is 8.18. The topological polar surface area (TPSA) is 69.3 Å². The van der Waals surface area contributed by atoms with Gasteiger partial charge in [0.1, 0.15) is 17.6 Å². The van der Waals surface area contributed by atoms with Crippen LogP contribution >= 0.6 is 11.6 Å². The first-order valence-corrected chi connectivity index (χ1v) is 8.55. The molecule has 0 atom stereocenters. The largest absolute Gasteiger partial charge is 0.465 e. The number of amides is 1. The predicted molar refractivity (Wildman–Crippen MR) is 98.4 cm³/mol. The van der Waals surface area contributed by atoms with Crippen LogP contribution in [-0.2, 0) is 11.3 Å². The Balaban J connectivity index is 1.90. The summed E-state index contributed by atoms with van der Waals surface area (Å²) in [4.78, 5) is 14.4. The Morgan fingerprint density at radius 2 is 2.12 bits per heavy atom. The molecule has 0 bridgehead atoms. The zero-order chi connectivity index (χ0) is 18.4. The van der Waals surface area contributed by atoms with Gasteiger partial charge in [0.2, 0.25) is 5.91 Å². The van der Waals surface area contributed by atoms with Gasteiger partial charge in [-0.1, -0.05) is 11.6 Å². The maximum atomic E-state index is 12.2. The van der Waals surface area contributed by atoms with E-state index in [1.807, 2.05) is 25.1 Å². The summed E-state index contributed by atoms with van der Waals surface area (Å²) >= 11 is 5.98. The van der Waals surface area contributed by atoms with E-state index in [1.54, 1.807) is 18.2 Å². The molecule has 132 valence electrons. The Kier molecular flexibility index (Phi) is 6.63. The third-order valence-electron chi connectivity index (χ3n) is 3.88. The molecule has 1 aromatic heterocycles. The first kappa shape index (κ1) is 19.0. The van der Waals surface area contributed by atoms with Gasteiger partial charge in [0.05, 0.1) is 17.1 Å². The summed E-state index contributed by atoms with van der Waals surface area (Å²) in [6.45, 7) is 7.39. The van der Waals surface area contributed by atoms with E-state index in [4.69, 9.17) is 21.3 Å². The zero-order valence-corrected chi connectivity index (χ0v) is 15.4. The summed E-state index contributed by atoms with van der Waals surface area (Å²) in [5.74, 6) is 1.68. The van der Waals surface area contributed by atoms with Crippen molar-refractivity contribution in [3.8, 4) is 6.07 Å². The lowest BCUT2D eigenvalue weighted by molar-refractivity contribution is -0.116. The van der Waals surface area contributed by atoms with Crippen LogP contribution in [0.4, 0.5) is 5.69 Å². The standard InChI is InChI=1S/C19H22ClN3O2/c1-13(2)23(12-17-7-4-14(3)25-17)9-8-19(24)22-16-6-5-15(11-21)18(20)10-16/h4-7,10,13H,8-9,12H2,1-3H3,(H,22,24). The number of nitriles is 1. The molecule has 5 nitrogen and oxygen atoms in total. The highest BCUT2D eigenvalue weighted by Crippen LogP contribution is 2.20. The van der Waals surface area contributed by atoms with Crippen molar-refractivity contribution in [3.63, 3.8) is 0 Å². The van der Waals surface area contributed by atoms with E-state index in [0.29, 0.717) is 41.8 Å². The highest BCUT2D eigenvalue weighted by molar-refractivity contribution is 6.32. The van der Waals surface area contributed by atoms with Crippen molar-refractivity contribution in [1.29, 1.82) is 5.26 Å². The maximum Gasteiger partial charge on any atom is 0.225 e. The molecule has 1 heterocycles. The quantitative estimate of drug-likeness (QED) is 0.797. The second-order valence-electron chi connectivity index (χ2n) is 6.18. The molecule has 1 amide bonds. The average molecular weight is 360 g/mol. The summed E-state index contributed by atoms with van der Waals surface area (Å²) in [5, 5.41) is 12.0. The normalized spacial score (nSPS) is 10.9. The van der Waals surface area contributed by atoms with Crippen LogP contribution < -0.4 is 5.32 Å². The molecule has 0 unspecified atom stereocenters. The van der Waals surface area contributed by atoms with Crippen LogP contribution in [0.1, 0.15) is 37.4 Å². The summed E-state index contributed by atoms with van der Waals surface area (Å²) in [5.41, 5.74) is 0.978. The van der Waals surface area contributed by atoms with E-state index >= 15 is 0 Å². The second kappa shape index (κ2) is 8.70. The molecule has 0 fully saturated rings. The van der Waals surface area contributed by atoms with Crippen LogP contribution in [0.5, 0.6) is 0 Å².